The second-order valence-electron chi connectivity index (χ2n) is 2.89. The number of hydrogen-bond acceptors (Lipinski definition) is 3. The highest BCUT2D eigenvalue weighted by atomic mass is 79.9. The molecule has 0 aliphatic carbocycles. The van der Waals surface area contributed by atoms with Gasteiger partial charge in [0.05, 0.1) is 6.17 Å². The second kappa shape index (κ2) is 4.72. The Balaban J connectivity index is 3.03. The van der Waals surface area contributed by atoms with Gasteiger partial charge in [-0.2, -0.15) is 0 Å². The van der Waals surface area contributed by atoms with E-state index in [0.717, 1.165) is 10.0 Å². The molecule has 0 aliphatic heterocycles. The molecule has 0 radical (unpaired) electrons. The number of nitrogens with two attached hydrogens (primary N) is 1. The number of rotatable bonds is 3. The van der Waals surface area contributed by atoms with Crippen molar-refractivity contribution < 1.29 is 0 Å². The van der Waals surface area contributed by atoms with Gasteiger partial charge in [-0.25, -0.2) is 5.43 Å². The van der Waals surface area contributed by atoms with Crippen LogP contribution in [0, 0.1) is 6.92 Å². The minimum atomic E-state index is -0.00231. The maximum absolute atomic E-state index is 5.41. The number of hydrazine groups is 1. The molecule has 0 heterocycles. The Morgan fingerprint density at radius 1 is 1.46 bits per heavy atom. The van der Waals surface area contributed by atoms with Gasteiger partial charge in [-0.05, 0) is 37.2 Å². The van der Waals surface area contributed by atoms with Crippen LogP contribution >= 0.6 is 15.9 Å². The molecule has 0 spiro atoms. The van der Waals surface area contributed by atoms with Crippen molar-refractivity contribution in [2.45, 2.75) is 13.1 Å². The summed E-state index contributed by atoms with van der Waals surface area (Å²) in [6, 6.07) is 6.12. The van der Waals surface area contributed by atoms with Crippen LogP contribution in [-0.4, -0.2) is 7.05 Å². The molecule has 72 valence electrons. The molecule has 1 atom stereocenters. The predicted molar refractivity (Wildman–Crippen MR) is 58.0 cm³/mol. The summed E-state index contributed by atoms with van der Waals surface area (Å²) < 4.78 is 1.06. The fourth-order valence-corrected chi connectivity index (χ4v) is 1.63. The molecule has 4 heteroatoms. The fourth-order valence-electron chi connectivity index (χ4n) is 1.25. The maximum atomic E-state index is 5.41. The van der Waals surface area contributed by atoms with Crippen molar-refractivity contribution in [3.63, 3.8) is 0 Å². The van der Waals surface area contributed by atoms with Crippen LogP contribution in [0.2, 0.25) is 0 Å². The number of nitrogens with one attached hydrogen (secondary N) is 2. The van der Waals surface area contributed by atoms with Gasteiger partial charge in [0.25, 0.3) is 0 Å². The first kappa shape index (κ1) is 10.7. The van der Waals surface area contributed by atoms with Gasteiger partial charge < -0.3 is 5.32 Å². The third-order valence-electron chi connectivity index (χ3n) is 2.01. The SMILES string of the molecule is CNC(NN)c1cc(Br)ccc1C. The first-order valence-corrected chi connectivity index (χ1v) is 4.87. The van der Waals surface area contributed by atoms with E-state index in [2.05, 4.69) is 45.7 Å². The Hall–Kier alpha value is -0.420. The first-order valence-electron chi connectivity index (χ1n) is 4.08. The van der Waals surface area contributed by atoms with E-state index < -0.39 is 0 Å². The maximum Gasteiger partial charge on any atom is 0.0961 e. The molecule has 0 fully saturated rings. The highest BCUT2D eigenvalue weighted by molar-refractivity contribution is 9.10. The molecule has 0 bridgehead atoms. The van der Waals surface area contributed by atoms with E-state index in [9.17, 15) is 0 Å². The predicted octanol–water partition coefficient (Wildman–Crippen LogP) is 1.44. The average Bonchev–Trinajstić information content (AvgIpc) is 2.13. The fraction of sp³-hybridized carbons (Fsp3) is 0.333. The van der Waals surface area contributed by atoms with Gasteiger partial charge in [0, 0.05) is 4.47 Å². The Bertz CT molecular complexity index is 284. The van der Waals surface area contributed by atoms with E-state index in [4.69, 9.17) is 5.84 Å². The molecule has 4 N–H and O–H groups in total. The summed E-state index contributed by atoms with van der Waals surface area (Å²) in [5.41, 5.74) is 5.07. The molecule has 1 unspecified atom stereocenters. The van der Waals surface area contributed by atoms with Crippen LogP contribution in [0.3, 0.4) is 0 Å². The molecule has 0 saturated heterocycles. The molecule has 0 aromatic heterocycles. The summed E-state index contributed by atoms with van der Waals surface area (Å²) in [6.07, 6.45) is -0.00231. The molecule has 3 nitrogen and oxygen atoms in total. The molecule has 1 aromatic rings. The van der Waals surface area contributed by atoms with Gasteiger partial charge >= 0.3 is 0 Å². The highest BCUT2D eigenvalue weighted by Crippen LogP contribution is 2.20. The Morgan fingerprint density at radius 2 is 2.15 bits per heavy atom. The van der Waals surface area contributed by atoms with E-state index in [-0.39, 0.29) is 6.17 Å². The van der Waals surface area contributed by atoms with Crippen molar-refractivity contribution in [1.29, 1.82) is 0 Å². The van der Waals surface area contributed by atoms with Crippen LogP contribution in [0.4, 0.5) is 0 Å². The van der Waals surface area contributed by atoms with Crippen molar-refractivity contribution in [2.75, 3.05) is 7.05 Å². The van der Waals surface area contributed by atoms with Crippen LogP contribution in [0.1, 0.15) is 17.3 Å². The van der Waals surface area contributed by atoms with E-state index >= 15 is 0 Å². The number of halogens is 1. The summed E-state index contributed by atoms with van der Waals surface area (Å²) in [4.78, 5) is 0. The molecular formula is C9H14BrN3. The van der Waals surface area contributed by atoms with Crippen molar-refractivity contribution in [3.8, 4) is 0 Å². The molecule has 0 saturated carbocycles. The highest BCUT2D eigenvalue weighted by Gasteiger charge is 2.09. The van der Waals surface area contributed by atoms with Crippen molar-refractivity contribution in [1.82, 2.24) is 10.7 Å². The van der Waals surface area contributed by atoms with Gasteiger partial charge in [0.1, 0.15) is 0 Å². The van der Waals surface area contributed by atoms with Gasteiger partial charge in [-0.3, -0.25) is 5.84 Å². The molecule has 0 amide bonds. The summed E-state index contributed by atoms with van der Waals surface area (Å²) in [5, 5.41) is 3.08. The van der Waals surface area contributed by atoms with Crippen LogP contribution < -0.4 is 16.6 Å². The van der Waals surface area contributed by atoms with Crippen molar-refractivity contribution in [3.05, 3.63) is 33.8 Å². The third-order valence-corrected chi connectivity index (χ3v) is 2.50. The van der Waals surface area contributed by atoms with E-state index in [1.165, 1.54) is 5.56 Å². The molecule has 1 aromatic carbocycles. The van der Waals surface area contributed by atoms with E-state index in [0.29, 0.717) is 0 Å². The smallest absolute Gasteiger partial charge is 0.0961 e. The molecular weight excluding hydrogens is 230 g/mol. The van der Waals surface area contributed by atoms with Gasteiger partial charge in [0.15, 0.2) is 0 Å². The second-order valence-corrected chi connectivity index (χ2v) is 3.80. The van der Waals surface area contributed by atoms with Crippen LogP contribution in [0.15, 0.2) is 22.7 Å². The number of aryl methyl sites for hydroxylation is 1. The standard InChI is InChI=1S/C9H14BrN3/c1-6-3-4-7(10)5-8(6)9(12-2)13-11/h3-5,9,12-13H,11H2,1-2H3. The number of benzene rings is 1. The normalized spacial score (nSPS) is 12.9. The van der Waals surface area contributed by atoms with Gasteiger partial charge in [-0.1, -0.05) is 22.0 Å². The summed E-state index contributed by atoms with van der Waals surface area (Å²) >= 11 is 3.43. The minimum Gasteiger partial charge on any atom is -0.300 e. The lowest BCUT2D eigenvalue weighted by atomic mass is 10.1. The molecule has 13 heavy (non-hydrogen) atoms. The lowest BCUT2D eigenvalue weighted by Crippen LogP contribution is -2.36. The van der Waals surface area contributed by atoms with E-state index in [1.807, 2.05) is 13.1 Å². The Kier molecular flexibility index (Phi) is 3.87. The van der Waals surface area contributed by atoms with Crippen LogP contribution in [0.25, 0.3) is 0 Å². The molecule has 0 aliphatic rings. The average molecular weight is 244 g/mol. The van der Waals surface area contributed by atoms with Gasteiger partial charge in [-0.15, -0.1) is 0 Å². The lowest BCUT2D eigenvalue weighted by Gasteiger charge is -2.17. The summed E-state index contributed by atoms with van der Waals surface area (Å²) in [7, 11) is 1.87. The minimum absolute atomic E-state index is 0.00231. The Labute approximate surface area is 86.8 Å². The zero-order valence-electron chi connectivity index (χ0n) is 7.76. The zero-order chi connectivity index (χ0) is 9.84. The third kappa shape index (κ3) is 2.51. The number of hydrogen-bond donors (Lipinski definition) is 3. The van der Waals surface area contributed by atoms with Crippen molar-refractivity contribution in [2.24, 2.45) is 5.84 Å². The largest absolute Gasteiger partial charge is 0.300 e. The first-order chi connectivity index (χ1) is 6.19. The topological polar surface area (TPSA) is 50.1 Å². The quantitative estimate of drug-likeness (QED) is 0.428. The van der Waals surface area contributed by atoms with E-state index in [1.54, 1.807) is 0 Å². The lowest BCUT2D eigenvalue weighted by molar-refractivity contribution is 0.486. The van der Waals surface area contributed by atoms with Crippen molar-refractivity contribution >= 4 is 15.9 Å². The summed E-state index contributed by atoms with van der Waals surface area (Å²) in [5.74, 6) is 5.41. The monoisotopic (exact) mass is 243 g/mol. The summed E-state index contributed by atoms with van der Waals surface area (Å²) in [6.45, 7) is 2.06. The Morgan fingerprint density at radius 3 is 2.69 bits per heavy atom. The van der Waals surface area contributed by atoms with Crippen LogP contribution in [0.5, 0.6) is 0 Å². The van der Waals surface area contributed by atoms with Gasteiger partial charge in [0.2, 0.25) is 0 Å². The molecule has 1 rings (SSSR count). The van der Waals surface area contributed by atoms with Crippen LogP contribution in [-0.2, 0) is 0 Å². The zero-order valence-corrected chi connectivity index (χ0v) is 9.35.